The summed E-state index contributed by atoms with van der Waals surface area (Å²) >= 11 is 0. The van der Waals surface area contributed by atoms with Crippen molar-refractivity contribution >= 4 is 41.5 Å². The van der Waals surface area contributed by atoms with E-state index in [9.17, 15) is 53.6 Å². The Morgan fingerprint density at radius 1 is 0.655 bits per heavy atom. The number of anilines is 1. The lowest BCUT2D eigenvalue weighted by molar-refractivity contribution is -0.146. The molecule has 0 aliphatic carbocycles. The number of carbonyl (C=O) groups is 6. The quantitative estimate of drug-likeness (QED) is 0.0973. The van der Waals surface area contributed by atoms with Crippen LogP contribution in [0.2, 0.25) is 0 Å². The van der Waals surface area contributed by atoms with Gasteiger partial charge in [0, 0.05) is 45.1 Å². The minimum atomic E-state index is -1.56. The first-order valence-electron chi connectivity index (χ1n) is 18.8. The van der Waals surface area contributed by atoms with Crippen LogP contribution < -0.4 is 27.0 Å². The van der Waals surface area contributed by atoms with Gasteiger partial charge in [0.2, 0.25) is 23.6 Å². The van der Waals surface area contributed by atoms with Crippen LogP contribution in [0.15, 0.2) is 72.8 Å². The highest BCUT2D eigenvalue weighted by Crippen LogP contribution is 2.41. The number of nitrogens with two attached hydrogens (primary N) is 2. The predicted octanol–water partition coefficient (Wildman–Crippen LogP) is 1.68. The molecule has 6 amide bonds. The Bertz CT molecular complexity index is 1870. The number of benzene rings is 3. The van der Waals surface area contributed by atoms with E-state index >= 15 is 0 Å². The van der Waals surface area contributed by atoms with Crippen LogP contribution in [0.5, 0.6) is 0 Å². The summed E-state index contributed by atoms with van der Waals surface area (Å²) in [6, 6.07) is 17.1. The van der Waals surface area contributed by atoms with Gasteiger partial charge in [-0.3, -0.25) is 19.2 Å². The van der Waals surface area contributed by atoms with Gasteiger partial charge in [0.05, 0.1) is 0 Å². The fourth-order valence-electron chi connectivity index (χ4n) is 8.18. The summed E-state index contributed by atoms with van der Waals surface area (Å²) in [5, 5.41) is 41.8. The maximum Gasteiger partial charge on any atom is 0.405 e. The monoisotopic (exact) mass is 805 g/mol. The van der Waals surface area contributed by atoms with E-state index < -0.39 is 78.0 Å². The average Bonchev–Trinajstić information content (AvgIpc) is 3.85. The Labute approximate surface area is 333 Å². The number of likely N-dealkylation sites (tertiary alicyclic amines) is 2. The molecule has 0 bridgehead atoms. The summed E-state index contributed by atoms with van der Waals surface area (Å²) in [6.45, 7) is -0.0672. The van der Waals surface area contributed by atoms with Gasteiger partial charge in [-0.1, -0.05) is 48.5 Å². The summed E-state index contributed by atoms with van der Waals surface area (Å²) in [5.41, 5.74) is 11.9. The molecule has 0 spiro atoms. The zero-order valence-electron chi connectivity index (χ0n) is 31.7. The molecule has 310 valence electrons. The van der Waals surface area contributed by atoms with Crippen molar-refractivity contribution in [2.45, 2.75) is 74.8 Å². The Kier molecular flexibility index (Phi) is 13.5. The highest BCUT2D eigenvalue weighted by Gasteiger charge is 2.52. The van der Waals surface area contributed by atoms with Crippen LogP contribution in [0.3, 0.4) is 0 Å². The third-order valence-electron chi connectivity index (χ3n) is 10.9. The number of nitrogens with zero attached hydrogens (tertiary/aromatic N) is 3. The van der Waals surface area contributed by atoms with Gasteiger partial charge in [-0.05, 0) is 85.0 Å². The normalized spacial score (nSPS) is 19.9. The molecule has 3 aromatic rings. The summed E-state index contributed by atoms with van der Waals surface area (Å²) in [4.78, 5) is 80.8. The molecule has 18 heteroatoms. The van der Waals surface area contributed by atoms with Crippen molar-refractivity contribution in [3.63, 3.8) is 0 Å². The second-order valence-electron chi connectivity index (χ2n) is 14.4. The maximum absolute atomic E-state index is 14.0. The molecule has 0 saturated carbocycles. The fraction of sp³-hybridized carbons (Fsp3) is 0.400. The van der Waals surface area contributed by atoms with Crippen LogP contribution in [0.1, 0.15) is 60.8 Å². The van der Waals surface area contributed by atoms with Crippen molar-refractivity contribution in [2.75, 3.05) is 31.2 Å². The molecule has 3 aromatic carbocycles. The highest BCUT2D eigenvalue weighted by molar-refractivity contribution is 5.96. The van der Waals surface area contributed by atoms with Gasteiger partial charge in [-0.25, -0.2) is 14.0 Å². The van der Waals surface area contributed by atoms with Crippen molar-refractivity contribution in [1.82, 2.24) is 20.4 Å². The number of amides is 6. The van der Waals surface area contributed by atoms with Gasteiger partial charge < -0.3 is 57.2 Å². The van der Waals surface area contributed by atoms with Crippen molar-refractivity contribution in [1.29, 1.82) is 0 Å². The number of hydrogen-bond acceptors (Lipinski definition) is 9. The van der Waals surface area contributed by atoms with E-state index in [4.69, 9.17) is 11.5 Å². The summed E-state index contributed by atoms with van der Waals surface area (Å²) < 4.78 is 14.0. The van der Waals surface area contributed by atoms with E-state index in [0.29, 0.717) is 29.7 Å². The Morgan fingerprint density at radius 2 is 1.03 bits per heavy atom. The zero-order valence-corrected chi connectivity index (χ0v) is 31.7. The molecule has 0 radical (unpaired) electrons. The van der Waals surface area contributed by atoms with E-state index in [1.165, 1.54) is 21.9 Å². The first kappa shape index (κ1) is 42.9. The van der Waals surface area contributed by atoms with E-state index in [1.54, 1.807) is 60.7 Å². The zero-order chi connectivity index (χ0) is 42.2. The average molecular weight is 806 g/mol. The third kappa shape index (κ3) is 8.82. The number of aliphatic hydroxyl groups excluding tert-OH is 2. The molecule has 0 unspecified atom stereocenters. The van der Waals surface area contributed by atoms with E-state index in [2.05, 4.69) is 10.6 Å². The Balaban J connectivity index is 1.41. The molecule has 10 N–H and O–H groups in total. The number of rotatable bonds is 17. The summed E-state index contributed by atoms with van der Waals surface area (Å²) in [6.07, 6.45) is -2.04. The van der Waals surface area contributed by atoms with Crippen LogP contribution >= 0.6 is 0 Å². The topological polar surface area (TPSA) is 269 Å². The molecule has 2 saturated heterocycles. The predicted molar refractivity (Wildman–Crippen MR) is 206 cm³/mol. The van der Waals surface area contributed by atoms with Gasteiger partial charge in [0.1, 0.15) is 29.0 Å². The summed E-state index contributed by atoms with van der Waals surface area (Å²) in [7, 11) is 0. The molecule has 2 aliphatic heterocycles. The second kappa shape index (κ2) is 18.3. The lowest BCUT2D eigenvalue weighted by Gasteiger charge is -2.38. The molecule has 4 atom stereocenters. The minimum Gasteiger partial charge on any atom is -0.465 e. The van der Waals surface area contributed by atoms with Crippen molar-refractivity contribution < 1.29 is 53.6 Å². The van der Waals surface area contributed by atoms with Gasteiger partial charge in [0.25, 0.3) is 0 Å². The number of primary amides is 2. The molecule has 2 aliphatic rings. The van der Waals surface area contributed by atoms with Gasteiger partial charge in [0.15, 0.2) is 0 Å². The summed E-state index contributed by atoms with van der Waals surface area (Å²) in [5.74, 6) is -3.37. The maximum atomic E-state index is 14.0. The third-order valence-corrected chi connectivity index (χ3v) is 10.9. The lowest BCUT2D eigenvalue weighted by atomic mass is 9.85. The number of nitrogens with one attached hydrogen (secondary N) is 2. The first-order chi connectivity index (χ1) is 27.7. The van der Waals surface area contributed by atoms with Crippen molar-refractivity contribution in [3.05, 3.63) is 101 Å². The molecule has 0 aromatic heterocycles. The minimum absolute atomic E-state index is 0.144. The molecule has 5 rings (SSSR count). The van der Waals surface area contributed by atoms with Gasteiger partial charge in [-0.15, -0.1) is 0 Å². The van der Waals surface area contributed by atoms with Gasteiger partial charge >= 0.3 is 12.2 Å². The lowest BCUT2D eigenvalue weighted by Crippen LogP contribution is -2.58. The molecule has 17 nitrogen and oxygen atoms in total. The largest absolute Gasteiger partial charge is 0.465 e. The van der Waals surface area contributed by atoms with E-state index in [0.717, 1.165) is 11.1 Å². The molecular formula is C40H48FN7O10. The standard InChI is InChI=1S/C40H48FN7O10/c41-29-11-13-30(14-12-29)46(23-25-3-7-27(8-4-25)39(35(42)53)17-1-19-47(39)33(51)31(15-21-49)44-37(55)56)24-26-5-9-28(10-6-26)40(36(43)54)18-2-20-48(40)34(52)32(16-22-50)45-38(57)58/h3-14,31-32,44-45,49-50H,1-2,15-24H2,(H2,42,53)(H2,43,54)(H,55,56)(H,57,58)/t31-,32-,39-,40-/m0/s1. The SMILES string of the molecule is NC(=O)[C@@]1(c2ccc(CN(Cc3ccc([C@]4(C(N)=O)CCCN4C(=O)[C@H](CCO)NC(=O)O)cc3)c3ccc(F)cc3)cc2)CCCN1C(=O)[C@H](CCO)NC(=O)O. The highest BCUT2D eigenvalue weighted by atomic mass is 19.1. The molecular weight excluding hydrogens is 757 g/mol. The number of aliphatic hydroxyl groups is 2. The van der Waals surface area contributed by atoms with E-state index in [-0.39, 0.29) is 51.9 Å². The number of carboxylic acid groups (broad SMARTS) is 2. The molecule has 2 heterocycles. The van der Waals surface area contributed by atoms with Crippen molar-refractivity contribution in [2.24, 2.45) is 11.5 Å². The number of carbonyl (C=O) groups excluding carboxylic acids is 4. The smallest absolute Gasteiger partial charge is 0.405 e. The van der Waals surface area contributed by atoms with E-state index in [1.807, 2.05) is 4.90 Å². The molecule has 58 heavy (non-hydrogen) atoms. The molecule has 2 fully saturated rings. The van der Waals surface area contributed by atoms with Crippen LogP contribution in [-0.4, -0.2) is 104 Å². The van der Waals surface area contributed by atoms with Crippen LogP contribution in [0, 0.1) is 5.82 Å². The first-order valence-corrected chi connectivity index (χ1v) is 18.8. The number of hydrogen-bond donors (Lipinski definition) is 8. The second-order valence-corrected chi connectivity index (χ2v) is 14.4. The van der Waals surface area contributed by atoms with Crippen molar-refractivity contribution in [3.8, 4) is 0 Å². The number of halogens is 1. The Hall–Kier alpha value is -6.27. The van der Waals surface area contributed by atoms with Crippen LogP contribution in [0.25, 0.3) is 0 Å². The van der Waals surface area contributed by atoms with Gasteiger partial charge in [-0.2, -0.15) is 0 Å². The van der Waals surface area contributed by atoms with Crippen LogP contribution in [0.4, 0.5) is 19.7 Å². The Morgan fingerprint density at radius 3 is 1.36 bits per heavy atom. The fourth-order valence-corrected chi connectivity index (χ4v) is 8.18. The van der Waals surface area contributed by atoms with Crippen LogP contribution in [-0.2, 0) is 43.3 Å².